The van der Waals surface area contributed by atoms with Crippen LogP contribution in [0.3, 0.4) is 0 Å². The van der Waals surface area contributed by atoms with Crippen molar-refractivity contribution in [2.45, 2.75) is 28.6 Å². The summed E-state index contributed by atoms with van der Waals surface area (Å²) in [5.74, 6) is -3.90. The van der Waals surface area contributed by atoms with Gasteiger partial charge in [0.25, 0.3) is 21.7 Å². The van der Waals surface area contributed by atoms with Gasteiger partial charge in [-0.05, 0) is 79.7 Å². The lowest BCUT2D eigenvalue weighted by Crippen LogP contribution is -2.30. The second kappa shape index (κ2) is 12.1. The Kier molecular flexibility index (Phi) is 9.11. The maximum atomic E-state index is 12.6. The number of amides is 1. The van der Waals surface area contributed by atoms with E-state index in [1.165, 1.54) is 55.5 Å². The van der Waals surface area contributed by atoms with Gasteiger partial charge in [-0.1, -0.05) is 11.8 Å². The number of nitrogens with one attached hydrogen (secondary N) is 2. The zero-order valence-corrected chi connectivity index (χ0v) is 21.8. The van der Waals surface area contributed by atoms with Crippen molar-refractivity contribution < 1.29 is 31.5 Å². The highest BCUT2D eigenvalue weighted by Crippen LogP contribution is 2.27. The predicted octanol–water partition coefficient (Wildman–Crippen LogP) is 5.05. The summed E-state index contributed by atoms with van der Waals surface area (Å²) in [7, 11) is -0.205. The lowest BCUT2D eigenvalue weighted by atomic mass is 10.2. The largest absolute Gasteiger partial charge is 0.449 e. The molecule has 3 aromatic carbocycles. The van der Waals surface area contributed by atoms with Crippen molar-refractivity contribution in [2.24, 2.45) is 0 Å². The highest BCUT2D eigenvalue weighted by molar-refractivity contribution is 7.99. The Morgan fingerprint density at radius 1 is 0.892 bits per heavy atom. The third kappa shape index (κ3) is 7.92. The standard InChI is InChI=1S/C25H25F2N3O5S2/c1-16(23(31)28-18-6-10-20(11-7-18)30(2)3)35-24(32)17-4-14-22(15-5-17)37(33,34)29-19-8-12-21(13-9-19)36-25(26)27/h4-16,25,29H,1-3H3,(H,28,31). The van der Waals surface area contributed by atoms with E-state index in [-0.39, 0.29) is 16.1 Å². The molecule has 0 aromatic heterocycles. The summed E-state index contributed by atoms with van der Waals surface area (Å²) >= 11 is 0.352. The van der Waals surface area contributed by atoms with Gasteiger partial charge in [0, 0.05) is 36.1 Å². The van der Waals surface area contributed by atoms with Crippen LogP contribution in [0.5, 0.6) is 0 Å². The van der Waals surface area contributed by atoms with Gasteiger partial charge in [-0.2, -0.15) is 8.78 Å². The number of benzene rings is 3. The smallest absolute Gasteiger partial charge is 0.338 e. The van der Waals surface area contributed by atoms with Gasteiger partial charge in [-0.15, -0.1) is 0 Å². The fourth-order valence-corrected chi connectivity index (χ4v) is 4.62. The fourth-order valence-electron chi connectivity index (χ4n) is 3.06. The number of alkyl halides is 2. The number of hydrogen-bond acceptors (Lipinski definition) is 7. The molecule has 1 unspecified atom stereocenters. The number of anilines is 3. The zero-order chi connectivity index (χ0) is 27.2. The zero-order valence-electron chi connectivity index (χ0n) is 20.1. The van der Waals surface area contributed by atoms with Crippen molar-refractivity contribution in [3.8, 4) is 0 Å². The van der Waals surface area contributed by atoms with E-state index in [1.807, 2.05) is 31.1 Å². The van der Waals surface area contributed by atoms with Crippen LogP contribution in [0, 0.1) is 0 Å². The third-order valence-corrected chi connectivity index (χ3v) is 7.16. The maximum absolute atomic E-state index is 12.6. The maximum Gasteiger partial charge on any atom is 0.338 e. The molecule has 0 radical (unpaired) electrons. The van der Waals surface area contributed by atoms with Gasteiger partial charge in [0.2, 0.25) is 0 Å². The molecule has 0 saturated heterocycles. The van der Waals surface area contributed by atoms with E-state index in [9.17, 15) is 26.8 Å². The van der Waals surface area contributed by atoms with Crippen LogP contribution < -0.4 is 14.9 Å². The van der Waals surface area contributed by atoms with Crippen molar-refractivity contribution >= 4 is 50.7 Å². The Hall–Kier alpha value is -3.64. The Balaban J connectivity index is 1.58. The molecule has 12 heteroatoms. The van der Waals surface area contributed by atoms with E-state index in [4.69, 9.17) is 4.74 Å². The molecule has 0 aliphatic carbocycles. The van der Waals surface area contributed by atoms with Gasteiger partial charge in [0.05, 0.1) is 10.5 Å². The highest BCUT2D eigenvalue weighted by atomic mass is 32.2. The number of carbonyl (C=O) groups excluding carboxylic acids is 2. The Morgan fingerprint density at radius 3 is 2.00 bits per heavy atom. The van der Waals surface area contributed by atoms with E-state index in [0.717, 1.165) is 5.69 Å². The van der Waals surface area contributed by atoms with Gasteiger partial charge < -0.3 is 15.0 Å². The number of hydrogen-bond donors (Lipinski definition) is 2. The lowest BCUT2D eigenvalue weighted by Gasteiger charge is -2.15. The summed E-state index contributed by atoms with van der Waals surface area (Å²) < 4.78 is 57.7. The molecule has 0 spiro atoms. The monoisotopic (exact) mass is 549 g/mol. The number of carbonyl (C=O) groups is 2. The molecule has 2 N–H and O–H groups in total. The summed E-state index contributed by atoms with van der Waals surface area (Å²) in [6.07, 6.45) is -1.10. The molecule has 0 heterocycles. The van der Waals surface area contributed by atoms with Gasteiger partial charge in [-0.3, -0.25) is 9.52 Å². The quantitative estimate of drug-likeness (QED) is 0.269. The molecule has 0 saturated carbocycles. The first kappa shape index (κ1) is 27.9. The number of esters is 1. The summed E-state index contributed by atoms with van der Waals surface area (Å²) in [4.78, 5) is 27.0. The van der Waals surface area contributed by atoms with Crippen molar-refractivity contribution in [2.75, 3.05) is 29.0 Å². The van der Waals surface area contributed by atoms with Gasteiger partial charge >= 0.3 is 5.97 Å². The lowest BCUT2D eigenvalue weighted by molar-refractivity contribution is -0.123. The summed E-state index contributed by atoms with van der Waals surface area (Å²) in [6.45, 7) is 1.43. The molecule has 196 valence electrons. The van der Waals surface area contributed by atoms with Gasteiger partial charge in [-0.25, -0.2) is 13.2 Å². The second-order valence-electron chi connectivity index (χ2n) is 8.01. The minimum absolute atomic E-state index is 0.0577. The van der Waals surface area contributed by atoms with Gasteiger partial charge in [0.15, 0.2) is 6.10 Å². The van der Waals surface area contributed by atoms with Crippen LogP contribution in [0.4, 0.5) is 25.8 Å². The first-order valence-electron chi connectivity index (χ1n) is 10.9. The van der Waals surface area contributed by atoms with E-state index in [1.54, 1.807) is 12.1 Å². The first-order chi connectivity index (χ1) is 17.4. The van der Waals surface area contributed by atoms with Crippen LogP contribution in [-0.2, 0) is 19.6 Å². The minimum atomic E-state index is -4.00. The van der Waals surface area contributed by atoms with Crippen LogP contribution in [0.25, 0.3) is 0 Å². The van der Waals surface area contributed by atoms with Crippen LogP contribution >= 0.6 is 11.8 Å². The van der Waals surface area contributed by atoms with Crippen molar-refractivity contribution in [3.05, 3.63) is 78.4 Å². The molecular formula is C25H25F2N3O5S2. The van der Waals surface area contributed by atoms with Crippen molar-refractivity contribution in [3.63, 3.8) is 0 Å². The number of halogens is 2. The molecule has 3 aromatic rings. The Bertz CT molecular complexity index is 1330. The second-order valence-corrected chi connectivity index (χ2v) is 10.8. The van der Waals surface area contributed by atoms with E-state index in [2.05, 4.69) is 10.0 Å². The van der Waals surface area contributed by atoms with Crippen LogP contribution in [0.1, 0.15) is 17.3 Å². The number of nitrogens with zero attached hydrogens (tertiary/aromatic N) is 1. The van der Waals surface area contributed by atoms with Gasteiger partial charge in [0.1, 0.15) is 0 Å². The molecule has 1 atom stereocenters. The number of thioether (sulfide) groups is 1. The average Bonchev–Trinajstić information content (AvgIpc) is 2.85. The summed E-state index contributed by atoms with van der Waals surface area (Å²) in [6, 6.07) is 17.6. The molecule has 0 aliphatic heterocycles. The topological polar surface area (TPSA) is 105 Å². The molecule has 1 amide bonds. The molecule has 8 nitrogen and oxygen atoms in total. The molecule has 3 rings (SSSR count). The Morgan fingerprint density at radius 2 is 1.46 bits per heavy atom. The molecule has 0 bridgehead atoms. The number of sulfonamides is 1. The molecule has 0 fully saturated rings. The molecule has 0 aliphatic rings. The Labute approximate surface area is 218 Å². The normalized spacial score (nSPS) is 12.1. The van der Waals surface area contributed by atoms with Crippen LogP contribution in [0.2, 0.25) is 0 Å². The number of rotatable bonds is 10. The van der Waals surface area contributed by atoms with Crippen LogP contribution in [-0.4, -0.2) is 46.3 Å². The van der Waals surface area contributed by atoms with Crippen LogP contribution in [0.15, 0.2) is 82.6 Å². The molecular weight excluding hydrogens is 524 g/mol. The van der Waals surface area contributed by atoms with Crippen molar-refractivity contribution in [1.82, 2.24) is 0 Å². The fraction of sp³-hybridized carbons (Fsp3) is 0.200. The number of ether oxygens (including phenoxy) is 1. The molecule has 37 heavy (non-hydrogen) atoms. The van der Waals surface area contributed by atoms with E-state index < -0.39 is 33.8 Å². The van der Waals surface area contributed by atoms with E-state index >= 15 is 0 Å². The summed E-state index contributed by atoms with van der Waals surface area (Å²) in [5.41, 5.74) is 1.75. The SMILES string of the molecule is CC(OC(=O)c1ccc(S(=O)(=O)Nc2ccc(SC(F)F)cc2)cc1)C(=O)Nc1ccc(N(C)C)cc1. The van der Waals surface area contributed by atoms with E-state index in [0.29, 0.717) is 22.3 Å². The highest BCUT2D eigenvalue weighted by Gasteiger charge is 2.21. The predicted molar refractivity (Wildman–Crippen MR) is 140 cm³/mol. The first-order valence-corrected chi connectivity index (χ1v) is 13.3. The summed E-state index contributed by atoms with van der Waals surface area (Å²) in [5, 5.41) is 2.67. The minimum Gasteiger partial charge on any atom is -0.449 e. The average molecular weight is 550 g/mol. The van der Waals surface area contributed by atoms with Crippen molar-refractivity contribution in [1.29, 1.82) is 0 Å². The third-order valence-electron chi connectivity index (χ3n) is 5.04.